The van der Waals surface area contributed by atoms with Crippen molar-refractivity contribution in [3.05, 3.63) is 30.5 Å². The van der Waals surface area contributed by atoms with E-state index in [1.54, 1.807) is 30.5 Å². The number of fused-ring (bicyclic) bond motifs is 1. The van der Waals surface area contributed by atoms with E-state index < -0.39 is 6.98 Å². The van der Waals surface area contributed by atoms with Gasteiger partial charge in [-0.25, -0.2) is 0 Å². The first-order valence-corrected chi connectivity index (χ1v) is 3.35. The van der Waals surface area contributed by atoms with E-state index in [0.717, 1.165) is 5.39 Å². The summed E-state index contributed by atoms with van der Waals surface area (Å²) in [7, 11) is 0. The van der Waals surface area contributed by atoms with Crippen molar-refractivity contribution in [1.29, 1.82) is 0 Å². The Morgan fingerprint density at radius 3 is 3.18 bits per heavy atom. The number of nitrogens with two attached hydrogens (primary N) is 1. The average molecular weight is 149 g/mol. The first kappa shape index (κ1) is 3.81. The number of hydrogen-bond donors (Lipinski definition) is 1. The third-order valence-corrected chi connectivity index (χ3v) is 1.71. The Morgan fingerprint density at radius 1 is 1.45 bits per heavy atom. The highest BCUT2D eigenvalue weighted by Gasteiger charge is 1.95. The summed E-state index contributed by atoms with van der Waals surface area (Å²) in [5, 5.41) is 0.848. The first-order valence-electron chi connectivity index (χ1n) is 4.85. The third-order valence-electron chi connectivity index (χ3n) is 1.71. The van der Waals surface area contributed by atoms with Crippen LogP contribution in [0.3, 0.4) is 0 Å². The molecule has 0 fully saturated rings. The molecule has 0 aliphatic carbocycles. The molecule has 56 valence electrons. The van der Waals surface area contributed by atoms with Gasteiger partial charge >= 0.3 is 0 Å². The van der Waals surface area contributed by atoms with Crippen molar-refractivity contribution in [2.24, 2.45) is 6.98 Å². The van der Waals surface area contributed by atoms with Crippen molar-refractivity contribution in [3.8, 4) is 0 Å². The van der Waals surface area contributed by atoms with Crippen LogP contribution in [-0.4, -0.2) is 4.57 Å². The summed E-state index contributed by atoms with van der Waals surface area (Å²) in [5.41, 5.74) is 6.91. The molecule has 0 spiro atoms. The summed E-state index contributed by atoms with van der Waals surface area (Å²) in [5.74, 6) is 0. The summed E-state index contributed by atoms with van der Waals surface area (Å²) in [6.07, 6.45) is 1.55. The highest BCUT2D eigenvalue weighted by atomic mass is 14.9. The van der Waals surface area contributed by atoms with Crippen LogP contribution in [0.25, 0.3) is 10.9 Å². The van der Waals surface area contributed by atoms with Gasteiger partial charge in [-0.2, -0.15) is 0 Å². The van der Waals surface area contributed by atoms with Crippen LogP contribution < -0.4 is 5.73 Å². The summed E-state index contributed by atoms with van der Waals surface area (Å²) < 4.78 is 23.1. The van der Waals surface area contributed by atoms with Gasteiger partial charge in [0.15, 0.2) is 0 Å². The number of nitrogen functional groups attached to an aromatic ring is 1. The number of rotatable bonds is 0. The smallest absolute Gasteiger partial charge is 0.0479 e. The SMILES string of the molecule is [2H]C([2H])([2H])n1ccc2cc(N)ccc21. The minimum atomic E-state index is -2.13. The van der Waals surface area contributed by atoms with E-state index in [2.05, 4.69) is 0 Å². The van der Waals surface area contributed by atoms with Crippen molar-refractivity contribution in [1.82, 2.24) is 4.57 Å². The standard InChI is InChI=1S/C9H10N2/c1-11-5-4-7-6-8(10)2-3-9(7)11/h2-6H,10H2,1H3/i1D3. The van der Waals surface area contributed by atoms with E-state index in [4.69, 9.17) is 9.85 Å². The minimum Gasteiger partial charge on any atom is -0.399 e. The van der Waals surface area contributed by atoms with E-state index in [0.29, 0.717) is 11.2 Å². The van der Waals surface area contributed by atoms with Gasteiger partial charge in [0.05, 0.1) is 0 Å². The molecule has 0 bridgehead atoms. The zero-order chi connectivity index (χ0) is 10.3. The molecule has 11 heavy (non-hydrogen) atoms. The highest BCUT2D eigenvalue weighted by molar-refractivity contribution is 5.83. The number of hydrogen-bond acceptors (Lipinski definition) is 1. The predicted octanol–water partition coefficient (Wildman–Crippen LogP) is 1.76. The van der Waals surface area contributed by atoms with Gasteiger partial charge in [-0.3, -0.25) is 0 Å². The fraction of sp³-hybridized carbons (Fsp3) is 0.111. The second-order valence-electron chi connectivity index (χ2n) is 2.50. The zero-order valence-electron chi connectivity index (χ0n) is 8.91. The fourth-order valence-electron chi connectivity index (χ4n) is 1.16. The summed E-state index contributed by atoms with van der Waals surface area (Å²) >= 11 is 0. The van der Waals surface area contributed by atoms with Crippen LogP contribution >= 0.6 is 0 Å². The lowest BCUT2D eigenvalue weighted by Crippen LogP contribution is -1.85. The average Bonchev–Trinajstić information content (AvgIpc) is 2.45. The lowest BCUT2D eigenvalue weighted by atomic mass is 10.2. The van der Waals surface area contributed by atoms with Crippen molar-refractivity contribution in [3.63, 3.8) is 0 Å². The molecule has 0 atom stereocenters. The number of aromatic nitrogens is 1. The molecular formula is C9H10N2. The molecule has 0 saturated heterocycles. The molecule has 2 rings (SSSR count). The Bertz CT molecular complexity index is 470. The maximum absolute atomic E-state index is 7.29. The molecule has 1 aromatic heterocycles. The Hall–Kier alpha value is -1.44. The molecule has 0 aliphatic heterocycles. The van der Waals surface area contributed by atoms with E-state index in [-0.39, 0.29) is 0 Å². The molecule has 0 amide bonds. The van der Waals surface area contributed by atoms with Gasteiger partial charge in [0.25, 0.3) is 0 Å². The number of nitrogens with zero attached hydrogens (tertiary/aromatic N) is 1. The van der Waals surface area contributed by atoms with Crippen molar-refractivity contribution in [2.45, 2.75) is 0 Å². The van der Waals surface area contributed by atoms with Crippen LogP contribution in [0.1, 0.15) is 4.11 Å². The minimum absolute atomic E-state index is 0.640. The molecule has 0 saturated carbocycles. The molecular weight excluding hydrogens is 136 g/mol. The normalized spacial score (nSPS) is 15.8. The van der Waals surface area contributed by atoms with Crippen LogP contribution in [0.5, 0.6) is 0 Å². The van der Waals surface area contributed by atoms with Crippen LogP contribution in [0.2, 0.25) is 0 Å². The zero-order valence-corrected chi connectivity index (χ0v) is 5.91. The van der Waals surface area contributed by atoms with Gasteiger partial charge in [-0.1, -0.05) is 0 Å². The lowest BCUT2D eigenvalue weighted by molar-refractivity contribution is 0.969. The molecule has 0 unspecified atom stereocenters. The van der Waals surface area contributed by atoms with Crippen LogP contribution in [0, 0.1) is 0 Å². The van der Waals surface area contributed by atoms with Gasteiger partial charge < -0.3 is 10.3 Å². The van der Waals surface area contributed by atoms with Crippen LogP contribution in [0.4, 0.5) is 5.69 Å². The lowest BCUT2D eigenvalue weighted by Gasteiger charge is -1.95. The topological polar surface area (TPSA) is 30.9 Å². The van der Waals surface area contributed by atoms with Gasteiger partial charge in [-0.15, -0.1) is 0 Å². The third kappa shape index (κ3) is 0.871. The van der Waals surface area contributed by atoms with Gasteiger partial charge in [0.1, 0.15) is 0 Å². The predicted molar refractivity (Wildman–Crippen MR) is 47.3 cm³/mol. The molecule has 1 aromatic carbocycles. The largest absolute Gasteiger partial charge is 0.399 e. The van der Waals surface area contributed by atoms with Gasteiger partial charge in [-0.05, 0) is 24.3 Å². The van der Waals surface area contributed by atoms with Crippen LogP contribution in [0.15, 0.2) is 30.5 Å². The Labute approximate surface area is 69.5 Å². The summed E-state index contributed by atoms with van der Waals surface area (Å²) in [4.78, 5) is 0. The Balaban J connectivity index is 2.70. The van der Waals surface area contributed by atoms with Crippen molar-refractivity contribution < 1.29 is 4.11 Å². The molecule has 2 N–H and O–H groups in total. The second kappa shape index (κ2) is 2.02. The molecule has 2 heteroatoms. The Morgan fingerprint density at radius 2 is 2.36 bits per heavy atom. The van der Waals surface area contributed by atoms with E-state index in [1.165, 1.54) is 4.57 Å². The molecule has 1 heterocycles. The maximum atomic E-state index is 7.29. The maximum Gasteiger partial charge on any atom is 0.0479 e. The number of benzene rings is 1. The second-order valence-corrected chi connectivity index (χ2v) is 2.50. The quantitative estimate of drug-likeness (QED) is 0.568. The van der Waals surface area contributed by atoms with Crippen molar-refractivity contribution in [2.75, 3.05) is 5.73 Å². The monoisotopic (exact) mass is 149 g/mol. The number of anilines is 1. The van der Waals surface area contributed by atoms with Gasteiger partial charge in [0.2, 0.25) is 0 Å². The number of aryl methyl sites for hydroxylation is 1. The van der Waals surface area contributed by atoms with E-state index in [9.17, 15) is 0 Å². The van der Waals surface area contributed by atoms with E-state index in [1.807, 2.05) is 0 Å². The molecule has 0 aliphatic rings. The summed E-state index contributed by atoms with van der Waals surface area (Å²) in [6, 6.07) is 6.93. The highest BCUT2D eigenvalue weighted by Crippen LogP contribution is 2.17. The van der Waals surface area contributed by atoms with Gasteiger partial charge in [0, 0.05) is 33.9 Å². The molecule has 2 aromatic rings. The molecule has 0 radical (unpaired) electrons. The fourth-order valence-corrected chi connectivity index (χ4v) is 1.16. The van der Waals surface area contributed by atoms with E-state index >= 15 is 0 Å². The Kier molecular flexibility index (Phi) is 0.700. The summed E-state index contributed by atoms with van der Waals surface area (Å²) in [6.45, 7) is -2.13. The van der Waals surface area contributed by atoms with Crippen molar-refractivity contribution >= 4 is 16.6 Å². The first-order chi connectivity index (χ1) is 6.48. The molecule has 2 nitrogen and oxygen atoms in total. The van der Waals surface area contributed by atoms with Crippen LogP contribution in [-0.2, 0) is 6.98 Å².